The van der Waals surface area contributed by atoms with Crippen molar-refractivity contribution in [2.24, 2.45) is 5.73 Å². The topological polar surface area (TPSA) is 38.9 Å². The first-order chi connectivity index (χ1) is 8.19. The predicted molar refractivity (Wildman–Crippen MR) is 67.4 cm³/mol. The predicted octanol–water partition coefficient (Wildman–Crippen LogP) is 3.14. The number of halogens is 1. The van der Waals surface area contributed by atoms with E-state index in [1.807, 2.05) is 13.0 Å². The highest BCUT2D eigenvalue weighted by Crippen LogP contribution is 2.28. The summed E-state index contributed by atoms with van der Waals surface area (Å²) < 4.78 is 12.8. The smallest absolute Gasteiger partial charge is 0.123 e. The molecule has 0 spiro atoms. The highest BCUT2D eigenvalue weighted by Gasteiger charge is 2.04. The molecule has 2 rings (SSSR count). The van der Waals surface area contributed by atoms with E-state index < -0.39 is 0 Å². The maximum absolute atomic E-state index is 12.8. The molecule has 0 aliphatic rings. The maximum atomic E-state index is 12.8. The zero-order chi connectivity index (χ0) is 12.3. The fourth-order valence-corrected chi connectivity index (χ4v) is 2.27. The molecule has 17 heavy (non-hydrogen) atoms. The van der Waals surface area contributed by atoms with E-state index in [1.165, 1.54) is 23.9 Å². The van der Waals surface area contributed by atoms with E-state index in [4.69, 9.17) is 5.73 Å². The quantitative estimate of drug-likeness (QED) is 0.907. The van der Waals surface area contributed by atoms with E-state index in [9.17, 15) is 4.39 Å². The summed E-state index contributed by atoms with van der Waals surface area (Å²) in [7, 11) is 0. The molecule has 0 fully saturated rings. The standard InChI is InChI=1S/C13H13FN2S/c1-9-6-10(7-15)8-16-13(9)17-12-4-2-11(14)3-5-12/h2-6,8H,7,15H2,1H3. The van der Waals surface area contributed by atoms with Crippen LogP contribution in [0.2, 0.25) is 0 Å². The molecule has 1 aromatic carbocycles. The number of pyridine rings is 1. The van der Waals surface area contributed by atoms with Gasteiger partial charge in [0.1, 0.15) is 10.8 Å². The van der Waals surface area contributed by atoms with Gasteiger partial charge in [0.25, 0.3) is 0 Å². The van der Waals surface area contributed by atoms with Crippen molar-refractivity contribution in [1.29, 1.82) is 0 Å². The van der Waals surface area contributed by atoms with Gasteiger partial charge < -0.3 is 5.73 Å². The highest BCUT2D eigenvalue weighted by molar-refractivity contribution is 7.99. The van der Waals surface area contributed by atoms with Gasteiger partial charge in [-0.3, -0.25) is 0 Å². The molecule has 0 atom stereocenters. The minimum Gasteiger partial charge on any atom is -0.326 e. The third-order valence-electron chi connectivity index (χ3n) is 2.35. The number of hydrogen-bond donors (Lipinski definition) is 1. The van der Waals surface area contributed by atoms with Crippen molar-refractivity contribution in [2.45, 2.75) is 23.4 Å². The van der Waals surface area contributed by atoms with Crippen LogP contribution in [0.15, 0.2) is 46.5 Å². The minimum atomic E-state index is -0.225. The Morgan fingerprint density at radius 2 is 2.00 bits per heavy atom. The average Bonchev–Trinajstić information content (AvgIpc) is 2.34. The molecule has 2 aromatic rings. The number of aryl methyl sites for hydroxylation is 1. The van der Waals surface area contributed by atoms with Gasteiger partial charge in [-0.05, 0) is 42.3 Å². The van der Waals surface area contributed by atoms with Crippen LogP contribution in [0.3, 0.4) is 0 Å². The molecular weight excluding hydrogens is 235 g/mol. The van der Waals surface area contributed by atoms with Crippen LogP contribution in [-0.4, -0.2) is 4.98 Å². The van der Waals surface area contributed by atoms with Gasteiger partial charge in [-0.1, -0.05) is 17.8 Å². The van der Waals surface area contributed by atoms with Gasteiger partial charge in [0.2, 0.25) is 0 Å². The Labute approximate surface area is 104 Å². The summed E-state index contributed by atoms with van der Waals surface area (Å²) in [6.45, 7) is 2.49. The molecule has 2 N–H and O–H groups in total. The molecule has 4 heteroatoms. The van der Waals surface area contributed by atoms with E-state index in [-0.39, 0.29) is 5.82 Å². The largest absolute Gasteiger partial charge is 0.326 e. The minimum absolute atomic E-state index is 0.225. The second kappa shape index (κ2) is 5.29. The summed E-state index contributed by atoms with van der Waals surface area (Å²) in [4.78, 5) is 5.33. The van der Waals surface area contributed by atoms with Crippen LogP contribution in [0.5, 0.6) is 0 Å². The van der Waals surface area contributed by atoms with E-state index in [2.05, 4.69) is 4.98 Å². The lowest BCUT2D eigenvalue weighted by Gasteiger charge is -2.06. The second-order valence-electron chi connectivity index (χ2n) is 3.73. The Bertz CT molecular complexity index is 511. The lowest BCUT2D eigenvalue weighted by molar-refractivity contribution is 0.626. The highest BCUT2D eigenvalue weighted by atomic mass is 32.2. The van der Waals surface area contributed by atoms with Crippen LogP contribution in [0, 0.1) is 12.7 Å². The number of rotatable bonds is 3. The Morgan fingerprint density at radius 1 is 1.29 bits per heavy atom. The van der Waals surface area contributed by atoms with Gasteiger partial charge in [0.05, 0.1) is 0 Å². The molecular formula is C13H13FN2S. The van der Waals surface area contributed by atoms with Crippen molar-refractivity contribution >= 4 is 11.8 Å². The molecule has 0 unspecified atom stereocenters. The van der Waals surface area contributed by atoms with Crippen LogP contribution < -0.4 is 5.73 Å². The molecule has 0 radical (unpaired) electrons. The molecule has 0 saturated carbocycles. The Balaban J connectivity index is 2.21. The third kappa shape index (κ3) is 3.05. The first-order valence-electron chi connectivity index (χ1n) is 5.28. The monoisotopic (exact) mass is 248 g/mol. The first-order valence-corrected chi connectivity index (χ1v) is 6.09. The van der Waals surface area contributed by atoms with Gasteiger partial charge in [-0.15, -0.1) is 0 Å². The van der Waals surface area contributed by atoms with Crippen molar-refractivity contribution in [1.82, 2.24) is 4.98 Å². The van der Waals surface area contributed by atoms with E-state index in [0.29, 0.717) is 6.54 Å². The van der Waals surface area contributed by atoms with Crippen LogP contribution in [0.25, 0.3) is 0 Å². The van der Waals surface area contributed by atoms with Crippen LogP contribution in [0.1, 0.15) is 11.1 Å². The van der Waals surface area contributed by atoms with E-state index >= 15 is 0 Å². The fraction of sp³-hybridized carbons (Fsp3) is 0.154. The van der Waals surface area contributed by atoms with Crippen molar-refractivity contribution < 1.29 is 4.39 Å². The number of nitrogens with two attached hydrogens (primary N) is 1. The van der Waals surface area contributed by atoms with Gasteiger partial charge in [0.15, 0.2) is 0 Å². The summed E-state index contributed by atoms with van der Waals surface area (Å²) >= 11 is 1.52. The summed E-state index contributed by atoms with van der Waals surface area (Å²) in [5, 5.41) is 0.925. The lowest BCUT2D eigenvalue weighted by atomic mass is 10.2. The van der Waals surface area contributed by atoms with Crippen molar-refractivity contribution in [3.8, 4) is 0 Å². The summed E-state index contributed by atoms with van der Waals surface area (Å²) in [6.07, 6.45) is 1.78. The number of benzene rings is 1. The van der Waals surface area contributed by atoms with E-state index in [0.717, 1.165) is 21.0 Å². The van der Waals surface area contributed by atoms with E-state index in [1.54, 1.807) is 18.3 Å². The summed E-state index contributed by atoms with van der Waals surface area (Å²) in [5.74, 6) is -0.225. The zero-order valence-corrected chi connectivity index (χ0v) is 10.3. The molecule has 0 aliphatic heterocycles. The van der Waals surface area contributed by atoms with Crippen molar-refractivity contribution in [3.05, 3.63) is 53.5 Å². The van der Waals surface area contributed by atoms with Crippen molar-refractivity contribution in [3.63, 3.8) is 0 Å². The molecule has 88 valence electrons. The normalized spacial score (nSPS) is 10.5. The third-order valence-corrected chi connectivity index (χ3v) is 3.48. The van der Waals surface area contributed by atoms with Crippen LogP contribution >= 0.6 is 11.8 Å². The molecule has 0 saturated heterocycles. The Kier molecular flexibility index (Phi) is 3.76. The molecule has 0 aliphatic carbocycles. The average molecular weight is 248 g/mol. The van der Waals surface area contributed by atoms with Gasteiger partial charge in [-0.25, -0.2) is 9.37 Å². The maximum Gasteiger partial charge on any atom is 0.123 e. The second-order valence-corrected chi connectivity index (χ2v) is 4.79. The molecule has 1 aromatic heterocycles. The van der Waals surface area contributed by atoms with Gasteiger partial charge in [0, 0.05) is 17.6 Å². The zero-order valence-electron chi connectivity index (χ0n) is 9.48. The van der Waals surface area contributed by atoms with Crippen molar-refractivity contribution in [2.75, 3.05) is 0 Å². The summed E-state index contributed by atoms with van der Waals surface area (Å²) in [5.41, 5.74) is 7.65. The fourth-order valence-electron chi connectivity index (χ4n) is 1.45. The number of nitrogens with zero attached hydrogens (tertiary/aromatic N) is 1. The molecule has 0 amide bonds. The van der Waals surface area contributed by atoms with Gasteiger partial charge in [-0.2, -0.15) is 0 Å². The molecule has 0 bridgehead atoms. The summed E-state index contributed by atoms with van der Waals surface area (Å²) in [6, 6.07) is 8.42. The first kappa shape index (κ1) is 12.1. The van der Waals surface area contributed by atoms with Crippen LogP contribution in [0.4, 0.5) is 4.39 Å². The van der Waals surface area contributed by atoms with Gasteiger partial charge >= 0.3 is 0 Å². The van der Waals surface area contributed by atoms with Crippen LogP contribution in [-0.2, 0) is 6.54 Å². The molecule has 1 heterocycles. The number of aromatic nitrogens is 1. The number of hydrogen-bond acceptors (Lipinski definition) is 3. The Morgan fingerprint density at radius 3 is 2.59 bits per heavy atom. The molecule has 2 nitrogen and oxygen atoms in total. The Hall–Kier alpha value is -1.39. The SMILES string of the molecule is Cc1cc(CN)cnc1Sc1ccc(F)cc1. The lowest BCUT2D eigenvalue weighted by Crippen LogP contribution is -1.98.